The Morgan fingerprint density at radius 3 is 1.07 bits per heavy atom. The van der Waals surface area contributed by atoms with Crippen molar-refractivity contribution >= 4 is 7.82 Å². The van der Waals surface area contributed by atoms with E-state index in [1.54, 1.807) is 7.11 Å². The Kier molecular flexibility index (Phi) is 29.0. The molecule has 9 unspecified atom stereocenters. The predicted octanol–water partition coefficient (Wildman–Crippen LogP) is 13.2. The summed E-state index contributed by atoms with van der Waals surface area (Å²) in [6.45, 7) is 6.06. The number of ether oxygens (including phenoxy) is 12. The van der Waals surface area contributed by atoms with Gasteiger partial charge in [-0.05, 0) is 51.8 Å². The van der Waals surface area contributed by atoms with Crippen LogP contribution in [0.3, 0.4) is 0 Å². The maximum Gasteiger partial charge on any atom is 0.475 e. The van der Waals surface area contributed by atoms with E-state index in [1.165, 1.54) is 7.11 Å². The number of hydrogen-bond acceptors (Lipinski definition) is 17. The van der Waals surface area contributed by atoms with E-state index in [9.17, 15) is 5.11 Å². The molecule has 17 nitrogen and oxygen atoms in total. The van der Waals surface area contributed by atoms with Crippen molar-refractivity contribution < 1.29 is 80.1 Å². The zero-order chi connectivity index (χ0) is 64.2. The largest absolute Gasteiger partial charge is 0.475 e. The molecule has 1 N–H and O–H groups in total. The van der Waals surface area contributed by atoms with Crippen LogP contribution in [0, 0.1) is 5.92 Å². The maximum atomic E-state index is 16.1. The molecule has 2 fully saturated rings. The molecule has 2 heterocycles. The van der Waals surface area contributed by atoms with Gasteiger partial charge in [-0.1, -0.05) is 233 Å². The van der Waals surface area contributed by atoms with E-state index in [0.29, 0.717) is 12.0 Å². The van der Waals surface area contributed by atoms with Crippen molar-refractivity contribution in [1.82, 2.24) is 0 Å². The van der Waals surface area contributed by atoms with Crippen molar-refractivity contribution in [2.24, 2.45) is 5.92 Å². The number of rotatable bonds is 41. The van der Waals surface area contributed by atoms with Crippen molar-refractivity contribution in [3.63, 3.8) is 0 Å². The summed E-state index contributed by atoms with van der Waals surface area (Å²) in [5.41, 5.74) is 6.14. The van der Waals surface area contributed by atoms with E-state index < -0.39 is 75.3 Å². The molecule has 7 aromatic carbocycles. The summed E-state index contributed by atoms with van der Waals surface area (Å²) < 4.78 is 116. The van der Waals surface area contributed by atoms with Crippen LogP contribution in [0.4, 0.5) is 0 Å². The zero-order valence-corrected chi connectivity index (χ0v) is 54.3. The highest BCUT2D eigenvalue weighted by Gasteiger charge is 2.51. The van der Waals surface area contributed by atoms with Gasteiger partial charge in [-0.2, -0.15) is 0 Å². The van der Waals surface area contributed by atoms with Crippen molar-refractivity contribution in [2.75, 3.05) is 40.6 Å². The molecule has 7 aromatic rings. The van der Waals surface area contributed by atoms with Crippen LogP contribution < -0.4 is 0 Å². The number of aliphatic hydroxyl groups is 1. The SMILES string of the molecule is CC[C@H]1O[C@@H](OCC(OCc2ccccc2)C(OCc2ccccc2)C(COP(=O)(OCc2ccccc2)OC2[C@@H](CC)O[C@@H](OCC(OCc3ccccc3)C(OCc3ccccc3)C(CO)OCc3ccccc3)[C@H]2OC)OCc2ccccc2)[C@@H](OC)C1C. The van der Waals surface area contributed by atoms with Gasteiger partial charge in [0.1, 0.15) is 54.9 Å². The third-order valence-electron chi connectivity index (χ3n) is 16.5. The fourth-order valence-corrected chi connectivity index (χ4v) is 12.7. The lowest BCUT2D eigenvalue weighted by Gasteiger charge is -2.35. The van der Waals surface area contributed by atoms with Crippen molar-refractivity contribution in [1.29, 1.82) is 0 Å². The van der Waals surface area contributed by atoms with Crippen LogP contribution in [0.25, 0.3) is 0 Å². The third kappa shape index (κ3) is 21.3. The van der Waals surface area contributed by atoms with Crippen LogP contribution in [0.15, 0.2) is 212 Å². The van der Waals surface area contributed by atoms with E-state index in [-0.39, 0.29) is 90.8 Å². The summed E-state index contributed by atoms with van der Waals surface area (Å²) in [5, 5.41) is 11.1. The first kappa shape index (κ1) is 70.4. The minimum Gasteiger partial charge on any atom is -0.394 e. The van der Waals surface area contributed by atoms with Crippen molar-refractivity contribution in [3.05, 3.63) is 251 Å². The molecule has 92 heavy (non-hydrogen) atoms. The quantitative estimate of drug-likeness (QED) is 0.0358. The first-order valence-electron chi connectivity index (χ1n) is 31.9. The van der Waals surface area contributed by atoms with Crippen LogP contribution in [-0.4, -0.2) is 125 Å². The molecule has 0 radical (unpaired) electrons. The van der Waals surface area contributed by atoms with Gasteiger partial charge in [0.05, 0.1) is 84.9 Å². The minimum atomic E-state index is -4.72. The second-order valence-electron chi connectivity index (χ2n) is 22.9. The predicted molar refractivity (Wildman–Crippen MR) is 347 cm³/mol. The molecule has 0 saturated carbocycles. The molecule has 0 amide bonds. The molecular formula is C74H91O17P. The van der Waals surface area contributed by atoms with Gasteiger partial charge in [0, 0.05) is 20.1 Å². The van der Waals surface area contributed by atoms with E-state index in [0.717, 1.165) is 39.8 Å². The summed E-state index contributed by atoms with van der Waals surface area (Å²) in [7, 11) is -1.54. The lowest BCUT2D eigenvalue weighted by Crippen LogP contribution is -2.48. The molecular weight excluding hydrogens is 1190 g/mol. The Morgan fingerprint density at radius 2 is 0.707 bits per heavy atom. The van der Waals surface area contributed by atoms with Crippen molar-refractivity contribution in [3.8, 4) is 0 Å². The second-order valence-corrected chi connectivity index (χ2v) is 24.6. The Bertz CT molecular complexity index is 3130. The average molecular weight is 1280 g/mol. The molecule has 0 bridgehead atoms. The maximum absolute atomic E-state index is 16.1. The first-order chi connectivity index (χ1) is 45.2. The molecule has 2 aliphatic rings. The number of methoxy groups -OCH3 is 2. The fraction of sp³-hybridized carbons (Fsp3) is 0.432. The van der Waals surface area contributed by atoms with Crippen LogP contribution in [0.5, 0.6) is 0 Å². The normalized spacial score (nSPS) is 22.5. The van der Waals surface area contributed by atoms with Crippen molar-refractivity contribution in [2.45, 2.75) is 160 Å². The van der Waals surface area contributed by atoms with E-state index in [2.05, 4.69) is 13.8 Å². The minimum absolute atomic E-state index is 0.0161. The molecule has 0 aromatic heterocycles. The molecule has 2 aliphatic heterocycles. The molecule has 9 rings (SSSR count). The molecule has 494 valence electrons. The summed E-state index contributed by atoms with van der Waals surface area (Å²) in [4.78, 5) is 0. The van der Waals surface area contributed by atoms with Gasteiger partial charge in [0.2, 0.25) is 0 Å². The Morgan fingerprint density at radius 1 is 0.391 bits per heavy atom. The molecule has 0 aliphatic carbocycles. The van der Waals surface area contributed by atoms with Gasteiger partial charge in [0.15, 0.2) is 12.6 Å². The number of aliphatic hydroxyl groups excluding tert-OH is 1. The molecule has 0 spiro atoms. The van der Waals surface area contributed by atoms with E-state index in [1.807, 2.05) is 219 Å². The van der Waals surface area contributed by atoms with E-state index in [4.69, 9.17) is 70.4 Å². The Hall–Kier alpha value is -5.87. The highest BCUT2D eigenvalue weighted by molar-refractivity contribution is 7.48. The average Bonchev–Trinajstić information content (AvgIpc) is 1.72. The number of phosphoric acid groups is 1. The summed E-state index contributed by atoms with van der Waals surface area (Å²) in [5.74, 6) is 0.0596. The molecule has 15 atom stereocenters. The Balaban J connectivity index is 1.02. The second kappa shape index (κ2) is 37.9. The highest BCUT2D eigenvalue weighted by Crippen LogP contribution is 2.54. The van der Waals surface area contributed by atoms with Gasteiger partial charge < -0.3 is 61.9 Å². The first-order valence-corrected chi connectivity index (χ1v) is 33.4. The highest BCUT2D eigenvalue weighted by atomic mass is 31.2. The fourth-order valence-electron chi connectivity index (χ4n) is 11.3. The van der Waals surface area contributed by atoms with Gasteiger partial charge in [-0.3, -0.25) is 13.6 Å². The van der Waals surface area contributed by atoms with Crippen LogP contribution in [0.1, 0.15) is 72.6 Å². The lowest BCUT2D eigenvalue weighted by molar-refractivity contribution is -0.217. The van der Waals surface area contributed by atoms with Crippen LogP contribution >= 0.6 is 7.82 Å². The zero-order valence-electron chi connectivity index (χ0n) is 53.4. The standard InChI is InChI=1S/C74H91O17P/c1-6-62-54(3)68(77-4)73(89-62)85-52-66(81-46-57-33-19-10-20-34-57)70(84-49-60-39-25-13-26-40-60)67(82-47-58-35-21-11-22-36-58)53-88-92(76,87-50-61-41-27-14-28-42-61)91-71-63(7-2)90-74(72(71)78-5)86-51-65(80-45-56-31-17-9-18-32-56)69(83-48-59-37-23-12-24-38-59)64(43-75)79-44-55-29-15-8-16-30-55/h8-42,54,62-75H,6-7,43-53H2,1-5H3/t54?,62-,63-,64?,65?,66?,67?,68+,69?,70?,71?,72+,73-,74-,92?/m1/s1. The smallest absolute Gasteiger partial charge is 0.394 e. The van der Waals surface area contributed by atoms with Crippen LogP contribution in [0.2, 0.25) is 0 Å². The lowest BCUT2D eigenvalue weighted by atomic mass is 9.99. The summed E-state index contributed by atoms with van der Waals surface area (Å²) in [6, 6.07) is 68.0. The summed E-state index contributed by atoms with van der Waals surface area (Å²) in [6.07, 6.45) is -9.33. The molecule has 2 saturated heterocycles. The number of phosphoric ester groups is 1. The third-order valence-corrected chi connectivity index (χ3v) is 17.9. The molecule has 18 heteroatoms. The number of benzene rings is 7. The van der Waals surface area contributed by atoms with Gasteiger partial charge in [-0.15, -0.1) is 0 Å². The summed E-state index contributed by atoms with van der Waals surface area (Å²) >= 11 is 0. The van der Waals surface area contributed by atoms with Crippen LogP contribution in [-0.2, 0) is 121 Å². The topological polar surface area (TPSA) is 176 Å². The van der Waals surface area contributed by atoms with Gasteiger partial charge in [0.25, 0.3) is 0 Å². The van der Waals surface area contributed by atoms with Gasteiger partial charge in [-0.25, -0.2) is 4.57 Å². The van der Waals surface area contributed by atoms with Gasteiger partial charge >= 0.3 is 7.82 Å². The van der Waals surface area contributed by atoms with E-state index >= 15 is 4.57 Å². The monoisotopic (exact) mass is 1280 g/mol. The Labute approximate surface area is 542 Å². The number of hydrogen-bond donors (Lipinski definition) is 1.